The molecule has 0 saturated carbocycles. The summed E-state index contributed by atoms with van der Waals surface area (Å²) in [6, 6.07) is 6.29. The number of anilines is 1. The van der Waals surface area contributed by atoms with Crippen LogP contribution < -0.4 is 5.32 Å². The number of nitrogens with one attached hydrogen (secondary N) is 1. The zero-order valence-electron chi connectivity index (χ0n) is 10.0. The lowest BCUT2D eigenvalue weighted by atomic mass is 10.3. The van der Waals surface area contributed by atoms with Crippen molar-refractivity contribution in [3.05, 3.63) is 60.1 Å². The van der Waals surface area contributed by atoms with Crippen molar-refractivity contribution in [2.24, 2.45) is 0 Å². The van der Waals surface area contributed by atoms with Gasteiger partial charge in [0, 0.05) is 30.2 Å². The molecule has 2 heterocycles. The number of nitrogens with zero attached hydrogens (tertiary/aromatic N) is 3. The zero-order chi connectivity index (χ0) is 14.1. The first-order chi connectivity index (χ1) is 9.63. The molecule has 1 aromatic carbocycles. The van der Waals surface area contributed by atoms with E-state index >= 15 is 0 Å². The van der Waals surface area contributed by atoms with E-state index in [1.54, 1.807) is 18.5 Å². The number of carbonyl (C=O) groups excluding carboxylic acids is 1. The summed E-state index contributed by atoms with van der Waals surface area (Å²) in [5, 5.41) is 6.46. The van der Waals surface area contributed by atoms with Crippen molar-refractivity contribution in [3.63, 3.8) is 0 Å². The van der Waals surface area contributed by atoms with E-state index in [0.29, 0.717) is 5.65 Å². The van der Waals surface area contributed by atoms with Gasteiger partial charge in [-0.2, -0.15) is 5.10 Å². The number of hydrogen-bond donors (Lipinski definition) is 1. The molecule has 3 rings (SSSR count). The molecule has 0 atom stereocenters. The first kappa shape index (κ1) is 12.2. The van der Waals surface area contributed by atoms with Gasteiger partial charge < -0.3 is 5.32 Å². The van der Waals surface area contributed by atoms with Crippen molar-refractivity contribution in [2.45, 2.75) is 0 Å². The van der Waals surface area contributed by atoms with Crippen molar-refractivity contribution in [3.8, 4) is 0 Å². The predicted molar refractivity (Wildman–Crippen MR) is 67.3 cm³/mol. The van der Waals surface area contributed by atoms with Crippen LogP contribution in [0.25, 0.3) is 5.65 Å². The van der Waals surface area contributed by atoms with Crippen molar-refractivity contribution >= 4 is 17.2 Å². The molecule has 7 heteroatoms. The minimum Gasteiger partial charge on any atom is -0.320 e. The van der Waals surface area contributed by atoms with Crippen LogP contribution in [0.1, 0.15) is 10.5 Å². The third-order valence-electron chi connectivity index (χ3n) is 2.65. The molecule has 0 spiro atoms. The molecule has 0 aliphatic carbocycles. The molecule has 5 nitrogen and oxygen atoms in total. The molecule has 1 amide bonds. The number of rotatable bonds is 2. The van der Waals surface area contributed by atoms with Gasteiger partial charge in [0.15, 0.2) is 23.0 Å². The van der Waals surface area contributed by atoms with Gasteiger partial charge in [0.2, 0.25) is 0 Å². The molecule has 0 aliphatic heterocycles. The lowest BCUT2D eigenvalue weighted by Gasteiger charge is -2.03. The molecule has 3 aromatic rings. The van der Waals surface area contributed by atoms with Gasteiger partial charge in [-0.1, -0.05) is 0 Å². The van der Waals surface area contributed by atoms with Gasteiger partial charge in [-0.25, -0.2) is 18.3 Å². The van der Waals surface area contributed by atoms with Gasteiger partial charge in [-0.15, -0.1) is 0 Å². The largest absolute Gasteiger partial charge is 0.320 e. The first-order valence-electron chi connectivity index (χ1n) is 5.70. The number of aromatic nitrogens is 3. The standard InChI is InChI=1S/C13H8F2N4O/c14-9-3-2-8(6-10(9)15)17-13(20)11-7-12-16-4-1-5-19(12)18-11/h1-7H,(H,17,20). The Labute approximate surface area is 111 Å². The summed E-state index contributed by atoms with van der Waals surface area (Å²) in [7, 11) is 0. The predicted octanol–water partition coefficient (Wildman–Crippen LogP) is 2.26. The highest BCUT2D eigenvalue weighted by atomic mass is 19.2. The third-order valence-corrected chi connectivity index (χ3v) is 2.65. The number of amides is 1. The summed E-state index contributed by atoms with van der Waals surface area (Å²) in [5.41, 5.74) is 0.801. The number of benzene rings is 1. The Bertz CT molecular complexity index is 767. The lowest BCUT2D eigenvalue weighted by molar-refractivity contribution is 0.102. The van der Waals surface area contributed by atoms with Crippen LogP contribution in [0.3, 0.4) is 0 Å². The van der Waals surface area contributed by atoms with Gasteiger partial charge in [0.05, 0.1) is 0 Å². The van der Waals surface area contributed by atoms with E-state index in [1.165, 1.54) is 16.6 Å². The van der Waals surface area contributed by atoms with E-state index in [4.69, 9.17) is 0 Å². The molecule has 0 fully saturated rings. The highest BCUT2D eigenvalue weighted by Gasteiger charge is 2.12. The molecule has 0 aliphatic rings. The second kappa shape index (κ2) is 4.69. The molecule has 20 heavy (non-hydrogen) atoms. The fourth-order valence-electron chi connectivity index (χ4n) is 1.71. The van der Waals surface area contributed by atoms with Gasteiger partial charge >= 0.3 is 0 Å². The Morgan fingerprint density at radius 3 is 2.80 bits per heavy atom. The van der Waals surface area contributed by atoms with E-state index in [0.717, 1.165) is 12.1 Å². The molecule has 1 N–H and O–H groups in total. The smallest absolute Gasteiger partial charge is 0.276 e. The first-order valence-corrected chi connectivity index (χ1v) is 5.70. The highest BCUT2D eigenvalue weighted by Crippen LogP contribution is 2.14. The quantitative estimate of drug-likeness (QED) is 0.779. The van der Waals surface area contributed by atoms with E-state index < -0.39 is 17.5 Å². The van der Waals surface area contributed by atoms with E-state index in [-0.39, 0.29) is 11.4 Å². The van der Waals surface area contributed by atoms with E-state index in [2.05, 4.69) is 15.4 Å². The van der Waals surface area contributed by atoms with Crippen molar-refractivity contribution in [1.82, 2.24) is 14.6 Å². The van der Waals surface area contributed by atoms with Crippen LogP contribution in [0.5, 0.6) is 0 Å². The molecule has 0 unspecified atom stereocenters. The maximum Gasteiger partial charge on any atom is 0.276 e. The normalized spacial score (nSPS) is 10.7. The summed E-state index contributed by atoms with van der Waals surface area (Å²) < 4.78 is 27.3. The molecular formula is C13H8F2N4O. The second-order valence-corrected chi connectivity index (χ2v) is 4.04. The lowest BCUT2D eigenvalue weighted by Crippen LogP contribution is -2.13. The van der Waals surface area contributed by atoms with Crippen LogP contribution in [0.4, 0.5) is 14.5 Å². The van der Waals surface area contributed by atoms with Gasteiger partial charge in [0.1, 0.15) is 0 Å². The summed E-state index contributed by atoms with van der Waals surface area (Å²) in [5.74, 6) is -2.53. The van der Waals surface area contributed by atoms with Gasteiger partial charge in [-0.05, 0) is 18.2 Å². The number of carbonyl (C=O) groups is 1. The van der Waals surface area contributed by atoms with Gasteiger partial charge in [-0.3, -0.25) is 4.79 Å². The number of halogens is 2. The van der Waals surface area contributed by atoms with Crippen LogP contribution >= 0.6 is 0 Å². The summed E-state index contributed by atoms with van der Waals surface area (Å²) in [6.07, 6.45) is 3.23. The van der Waals surface area contributed by atoms with Crippen molar-refractivity contribution in [1.29, 1.82) is 0 Å². The minimum absolute atomic E-state index is 0.133. The van der Waals surface area contributed by atoms with Crippen LogP contribution in [-0.2, 0) is 0 Å². The third kappa shape index (κ3) is 2.20. The molecule has 2 aromatic heterocycles. The molecule has 100 valence electrons. The maximum absolute atomic E-state index is 13.0. The zero-order valence-corrected chi connectivity index (χ0v) is 10.0. The molecular weight excluding hydrogens is 266 g/mol. The summed E-state index contributed by atoms with van der Waals surface area (Å²) >= 11 is 0. The second-order valence-electron chi connectivity index (χ2n) is 4.04. The topological polar surface area (TPSA) is 59.3 Å². The fraction of sp³-hybridized carbons (Fsp3) is 0. The van der Waals surface area contributed by atoms with Crippen LogP contribution in [0.15, 0.2) is 42.7 Å². The van der Waals surface area contributed by atoms with Crippen LogP contribution in [0.2, 0.25) is 0 Å². The molecule has 0 bridgehead atoms. The number of fused-ring (bicyclic) bond motifs is 1. The Morgan fingerprint density at radius 1 is 1.20 bits per heavy atom. The van der Waals surface area contributed by atoms with Crippen LogP contribution in [0, 0.1) is 11.6 Å². The van der Waals surface area contributed by atoms with E-state index in [1.807, 2.05) is 0 Å². The average Bonchev–Trinajstić information content (AvgIpc) is 2.87. The van der Waals surface area contributed by atoms with E-state index in [9.17, 15) is 13.6 Å². The Hall–Kier alpha value is -2.83. The molecule has 0 saturated heterocycles. The Morgan fingerprint density at radius 2 is 2.05 bits per heavy atom. The summed E-state index contributed by atoms with van der Waals surface area (Å²) in [6.45, 7) is 0. The Kier molecular flexibility index (Phi) is 2.86. The maximum atomic E-state index is 13.0. The summed E-state index contributed by atoms with van der Waals surface area (Å²) in [4.78, 5) is 16.0. The highest BCUT2D eigenvalue weighted by molar-refractivity contribution is 6.03. The van der Waals surface area contributed by atoms with Crippen LogP contribution in [-0.4, -0.2) is 20.5 Å². The van der Waals surface area contributed by atoms with Crippen molar-refractivity contribution in [2.75, 3.05) is 5.32 Å². The SMILES string of the molecule is O=C(Nc1ccc(F)c(F)c1)c1cc2ncccn2n1. The fourth-order valence-corrected chi connectivity index (χ4v) is 1.71. The van der Waals surface area contributed by atoms with Crippen molar-refractivity contribution < 1.29 is 13.6 Å². The average molecular weight is 274 g/mol. The van der Waals surface area contributed by atoms with Gasteiger partial charge in [0.25, 0.3) is 5.91 Å². The number of hydrogen-bond acceptors (Lipinski definition) is 3. The Balaban J connectivity index is 1.86. The minimum atomic E-state index is -1.03. The monoisotopic (exact) mass is 274 g/mol. The molecule has 0 radical (unpaired) electrons.